The maximum atomic E-state index is 10.8. The predicted molar refractivity (Wildman–Crippen MR) is 74.0 cm³/mol. The van der Waals surface area contributed by atoms with Crippen LogP contribution in [0.2, 0.25) is 10.0 Å². The second kappa shape index (κ2) is 5.65. The second-order valence-corrected chi connectivity index (χ2v) is 5.49. The van der Waals surface area contributed by atoms with Crippen molar-refractivity contribution in [3.63, 3.8) is 0 Å². The van der Waals surface area contributed by atoms with Gasteiger partial charge in [-0.15, -0.1) is 0 Å². The molecule has 0 aromatic heterocycles. The van der Waals surface area contributed by atoms with Crippen LogP contribution >= 0.6 is 35.0 Å². The van der Waals surface area contributed by atoms with Crippen molar-refractivity contribution in [3.05, 3.63) is 58.1 Å². The van der Waals surface area contributed by atoms with Crippen LogP contribution in [0.3, 0.4) is 0 Å². The van der Waals surface area contributed by atoms with Crippen LogP contribution in [0.1, 0.15) is 10.4 Å². The first-order valence-electron chi connectivity index (χ1n) is 5.02. The van der Waals surface area contributed by atoms with Crippen LogP contribution in [0.4, 0.5) is 0 Å². The third-order valence-electron chi connectivity index (χ3n) is 2.22. The molecule has 0 unspecified atom stereocenters. The molecule has 2 nitrogen and oxygen atoms in total. The fourth-order valence-corrected chi connectivity index (χ4v) is 2.68. The van der Waals surface area contributed by atoms with Crippen LogP contribution in [-0.2, 0) is 0 Å². The fourth-order valence-electron chi connectivity index (χ4n) is 1.37. The Morgan fingerprint density at radius 3 is 2.17 bits per heavy atom. The second-order valence-electron chi connectivity index (χ2n) is 3.50. The summed E-state index contributed by atoms with van der Waals surface area (Å²) < 4.78 is 0. The van der Waals surface area contributed by atoms with Crippen molar-refractivity contribution in [2.45, 2.75) is 9.79 Å². The first kappa shape index (κ1) is 13.3. The minimum Gasteiger partial charge on any atom is -0.478 e. The van der Waals surface area contributed by atoms with E-state index in [2.05, 4.69) is 0 Å². The number of carboxylic acid groups (broad SMARTS) is 1. The molecule has 0 aliphatic heterocycles. The lowest BCUT2D eigenvalue weighted by Gasteiger charge is -2.04. The van der Waals surface area contributed by atoms with E-state index in [1.165, 1.54) is 17.8 Å². The Morgan fingerprint density at radius 1 is 1.00 bits per heavy atom. The molecule has 0 fully saturated rings. The maximum absolute atomic E-state index is 10.8. The van der Waals surface area contributed by atoms with Gasteiger partial charge in [0, 0.05) is 14.8 Å². The summed E-state index contributed by atoms with van der Waals surface area (Å²) in [5.41, 5.74) is 0.108. The van der Waals surface area contributed by atoms with Gasteiger partial charge in [0.15, 0.2) is 0 Å². The summed E-state index contributed by atoms with van der Waals surface area (Å²) in [5, 5.41) is 9.79. The molecule has 5 heteroatoms. The average molecular weight is 299 g/mol. The van der Waals surface area contributed by atoms with Gasteiger partial charge in [0.2, 0.25) is 0 Å². The molecule has 0 bridgehead atoms. The van der Waals surface area contributed by atoms with E-state index in [9.17, 15) is 4.79 Å². The lowest BCUT2D eigenvalue weighted by atomic mass is 10.2. The maximum Gasteiger partial charge on any atom is 0.337 e. The highest BCUT2D eigenvalue weighted by Crippen LogP contribution is 2.31. The highest BCUT2D eigenvalue weighted by Gasteiger charge is 2.09. The lowest BCUT2D eigenvalue weighted by Crippen LogP contribution is -1.96. The highest BCUT2D eigenvalue weighted by atomic mass is 35.5. The third kappa shape index (κ3) is 3.19. The van der Waals surface area contributed by atoms with Gasteiger partial charge in [-0.1, -0.05) is 35.0 Å². The van der Waals surface area contributed by atoms with Crippen LogP contribution < -0.4 is 0 Å². The van der Waals surface area contributed by atoms with Crippen molar-refractivity contribution < 1.29 is 9.90 Å². The van der Waals surface area contributed by atoms with E-state index in [1.807, 2.05) is 12.1 Å². The molecule has 0 saturated heterocycles. The van der Waals surface area contributed by atoms with Gasteiger partial charge in [-0.3, -0.25) is 0 Å². The minimum absolute atomic E-state index is 0.108. The SMILES string of the molecule is O=C(O)c1ccc(Sc2ccc(Cl)cc2)cc1Cl. The zero-order chi connectivity index (χ0) is 13.1. The van der Waals surface area contributed by atoms with Crippen LogP contribution in [0.25, 0.3) is 0 Å². The number of aromatic carboxylic acids is 1. The summed E-state index contributed by atoms with van der Waals surface area (Å²) in [4.78, 5) is 12.7. The average Bonchev–Trinajstić information content (AvgIpc) is 2.32. The number of rotatable bonds is 3. The largest absolute Gasteiger partial charge is 0.478 e. The molecule has 0 spiro atoms. The number of hydrogen-bond donors (Lipinski definition) is 1. The van der Waals surface area contributed by atoms with E-state index in [1.54, 1.807) is 24.3 Å². The Labute approximate surface area is 119 Å². The molecule has 0 heterocycles. The number of benzene rings is 2. The lowest BCUT2D eigenvalue weighted by molar-refractivity contribution is 0.0697. The Kier molecular flexibility index (Phi) is 4.17. The number of carboxylic acids is 1. The van der Waals surface area contributed by atoms with Crippen molar-refractivity contribution in [2.75, 3.05) is 0 Å². The molecule has 0 amide bonds. The molecular weight excluding hydrogens is 291 g/mol. The number of carbonyl (C=O) groups is 1. The van der Waals surface area contributed by atoms with Gasteiger partial charge in [0.05, 0.1) is 10.6 Å². The molecule has 0 aliphatic carbocycles. The highest BCUT2D eigenvalue weighted by molar-refractivity contribution is 7.99. The first-order chi connectivity index (χ1) is 8.56. The van der Waals surface area contributed by atoms with Gasteiger partial charge < -0.3 is 5.11 Å². The molecule has 2 aromatic carbocycles. The van der Waals surface area contributed by atoms with E-state index >= 15 is 0 Å². The molecule has 2 rings (SSSR count). The normalized spacial score (nSPS) is 10.3. The van der Waals surface area contributed by atoms with Crippen molar-refractivity contribution in [1.29, 1.82) is 0 Å². The van der Waals surface area contributed by atoms with Crippen LogP contribution in [0, 0.1) is 0 Å². The summed E-state index contributed by atoms with van der Waals surface area (Å²) in [6.45, 7) is 0. The molecule has 0 radical (unpaired) electrons. The Bertz CT molecular complexity index is 582. The van der Waals surface area contributed by atoms with Crippen LogP contribution in [0.15, 0.2) is 52.3 Å². The van der Waals surface area contributed by atoms with E-state index in [0.29, 0.717) is 5.02 Å². The zero-order valence-corrected chi connectivity index (χ0v) is 11.4. The van der Waals surface area contributed by atoms with Crippen molar-refractivity contribution in [3.8, 4) is 0 Å². The third-order valence-corrected chi connectivity index (χ3v) is 3.78. The van der Waals surface area contributed by atoms with Gasteiger partial charge in [0.1, 0.15) is 0 Å². The topological polar surface area (TPSA) is 37.3 Å². The standard InChI is InChI=1S/C13H8Cl2O2S/c14-8-1-3-9(4-2-8)18-10-5-6-11(13(16)17)12(15)7-10/h1-7H,(H,16,17). The van der Waals surface area contributed by atoms with Crippen molar-refractivity contribution >= 4 is 40.9 Å². The van der Waals surface area contributed by atoms with Crippen LogP contribution in [-0.4, -0.2) is 11.1 Å². The smallest absolute Gasteiger partial charge is 0.337 e. The summed E-state index contributed by atoms with van der Waals surface area (Å²) in [5.74, 6) is -1.02. The number of hydrogen-bond acceptors (Lipinski definition) is 2. The first-order valence-corrected chi connectivity index (χ1v) is 6.60. The fraction of sp³-hybridized carbons (Fsp3) is 0. The van der Waals surface area contributed by atoms with Gasteiger partial charge in [-0.05, 0) is 42.5 Å². The molecular formula is C13H8Cl2O2S. The Hall–Kier alpha value is -1.16. The summed E-state index contributed by atoms with van der Waals surface area (Å²) in [6.07, 6.45) is 0. The van der Waals surface area contributed by atoms with Gasteiger partial charge in [0.25, 0.3) is 0 Å². The summed E-state index contributed by atoms with van der Waals surface area (Å²) in [6, 6.07) is 12.3. The molecule has 1 N–H and O–H groups in total. The number of halogens is 2. The summed E-state index contributed by atoms with van der Waals surface area (Å²) >= 11 is 13.2. The minimum atomic E-state index is -1.02. The van der Waals surface area contributed by atoms with Crippen molar-refractivity contribution in [2.24, 2.45) is 0 Å². The summed E-state index contributed by atoms with van der Waals surface area (Å²) in [7, 11) is 0. The van der Waals surface area contributed by atoms with Crippen molar-refractivity contribution in [1.82, 2.24) is 0 Å². The molecule has 0 saturated carbocycles. The van der Waals surface area contributed by atoms with Gasteiger partial charge >= 0.3 is 5.97 Å². The van der Waals surface area contributed by atoms with Gasteiger partial charge in [-0.2, -0.15) is 0 Å². The van der Waals surface area contributed by atoms with E-state index in [4.69, 9.17) is 28.3 Å². The van der Waals surface area contributed by atoms with E-state index in [0.717, 1.165) is 9.79 Å². The molecule has 0 aliphatic rings. The monoisotopic (exact) mass is 298 g/mol. The van der Waals surface area contributed by atoms with Crippen LogP contribution in [0.5, 0.6) is 0 Å². The molecule has 2 aromatic rings. The molecule has 18 heavy (non-hydrogen) atoms. The van der Waals surface area contributed by atoms with Gasteiger partial charge in [-0.25, -0.2) is 4.79 Å². The molecule has 92 valence electrons. The zero-order valence-electron chi connectivity index (χ0n) is 9.06. The predicted octanol–water partition coefficient (Wildman–Crippen LogP) is 4.84. The quantitative estimate of drug-likeness (QED) is 0.881. The van der Waals surface area contributed by atoms with E-state index in [-0.39, 0.29) is 10.6 Å². The Morgan fingerprint density at radius 2 is 1.61 bits per heavy atom. The van der Waals surface area contributed by atoms with E-state index < -0.39 is 5.97 Å². The Balaban J connectivity index is 2.22. The molecule has 0 atom stereocenters.